The van der Waals surface area contributed by atoms with Crippen LogP contribution in [-0.2, 0) is 23.9 Å². The minimum absolute atomic E-state index is 0.0842. The molecule has 9 nitrogen and oxygen atoms in total. The van der Waals surface area contributed by atoms with Crippen LogP contribution < -0.4 is 9.80 Å². The second-order valence-corrected chi connectivity index (χ2v) is 11.5. The maximum absolute atomic E-state index is 14.6. The zero-order valence-electron chi connectivity index (χ0n) is 24.1. The smallest absolute Gasteiger partial charge is 0.313 e. The number of rotatable bonds is 8. The van der Waals surface area contributed by atoms with Crippen LogP contribution in [0.4, 0.5) is 11.4 Å². The van der Waals surface area contributed by atoms with Crippen molar-refractivity contribution in [3.63, 3.8) is 0 Å². The highest BCUT2D eigenvalue weighted by Gasteiger charge is 2.75. The van der Waals surface area contributed by atoms with Crippen LogP contribution in [0.25, 0.3) is 0 Å². The lowest BCUT2D eigenvalue weighted by atomic mass is 9.75. The Morgan fingerprint density at radius 2 is 1.73 bits per heavy atom. The fraction of sp³-hybridized carbons (Fsp3) is 0.581. The number of esters is 1. The first kappa shape index (κ1) is 28.4. The zero-order valence-corrected chi connectivity index (χ0v) is 24.1. The number of carbonyl (C=O) groups excluding carboxylic acids is 3. The third kappa shape index (κ3) is 4.16. The SMILES string of the molecule is CC[C@H](C)[C@H](CO)N1C(=O)[C@@H]2[C@@H]3C(=O)OCC=C[C@]3(C)O[C@@]23C=CCN(c2ccc(N(CC)CC)cc2)C(=O)C13. The van der Waals surface area contributed by atoms with E-state index in [0.29, 0.717) is 12.1 Å². The van der Waals surface area contributed by atoms with E-state index in [2.05, 4.69) is 18.7 Å². The molecule has 1 N–H and O–H groups in total. The van der Waals surface area contributed by atoms with Crippen molar-refractivity contribution < 1.29 is 29.0 Å². The van der Waals surface area contributed by atoms with Gasteiger partial charge in [-0.25, -0.2) is 0 Å². The van der Waals surface area contributed by atoms with Gasteiger partial charge in [0.05, 0.1) is 24.2 Å². The molecule has 0 aliphatic carbocycles. The fourth-order valence-electron chi connectivity index (χ4n) is 7.13. The van der Waals surface area contributed by atoms with E-state index in [4.69, 9.17) is 9.47 Å². The van der Waals surface area contributed by atoms with Crippen molar-refractivity contribution in [2.45, 2.75) is 64.3 Å². The number of amides is 2. The zero-order chi connectivity index (χ0) is 28.8. The van der Waals surface area contributed by atoms with Crippen LogP contribution in [0.15, 0.2) is 48.6 Å². The first-order chi connectivity index (χ1) is 19.2. The number of hydrogen-bond donors (Lipinski definition) is 1. The van der Waals surface area contributed by atoms with Crippen LogP contribution in [0.3, 0.4) is 0 Å². The summed E-state index contributed by atoms with van der Waals surface area (Å²) >= 11 is 0. The Bertz CT molecular complexity index is 1210. The minimum Gasteiger partial charge on any atom is -0.461 e. The summed E-state index contributed by atoms with van der Waals surface area (Å²) in [6, 6.07) is 6.19. The number of aliphatic hydroxyl groups is 1. The summed E-state index contributed by atoms with van der Waals surface area (Å²) in [4.78, 5) is 47.8. The van der Waals surface area contributed by atoms with Crippen molar-refractivity contribution in [1.29, 1.82) is 0 Å². The fourth-order valence-corrected chi connectivity index (χ4v) is 7.13. The minimum atomic E-state index is -1.38. The maximum atomic E-state index is 14.6. The number of carbonyl (C=O) groups is 3. The lowest BCUT2D eigenvalue weighted by Crippen LogP contribution is -2.60. The number of fused-ring (bicyclic) bond motifs is 2. The predicted octanol–water partition coefficient (Wildman–Crippen LogP) is 2.93. The first-order valence-electron chi connectivity index (χ1n) is 14.5. The molecule has 4 heterocycles. The van der Waals surface area contributed by atoms with E-state index in [1.54, 1.807) is 24.0 Å². The Balaban J connectivity index is 1.62. The number of benzene rings is 1. The van der Waals surface area contributed by atoms with Gasteiger partial charge in [0.1, 0.15) is 24.2 Å². The predicted molar refractivity (Wildman–Crippen MR) is 152 cm³/mol. The molecule has 0 radical (unpaired) electrons. The topological polar surface area (TPSA) is 99.6 Å². The van der Waals surface area contributed by atoms with Gasteiger partial charge in [-0.3, -0.25) is 14.4 Å². The highest BCUT2D eigenvalue weighted by Crippen LogP contribution is 2.58. The number of likely N-dealkylation sites (tertiary alicyclic amines) is 1. The molecule has 40 heavy (non-hydrogen) atoms. The summed E-state index contributed by atoms with van der Waals surface area (Å²) in [5, 5.41) is 10.5. The van der Waals surface area contributed by atoms with E-state index in [9.17, 15) is 19.5 Å². The number of ether oxygens (including phenoxy) is 2. The van der Waals surface area contributed by atoms with E-state index in [1.165, 1.54) is 4.90 Å². The highest BCUT2D eigenvalue weighted by atomic mass is 16.6. The van der Waals surface area contributed by atoms with E-state index in [0.717, 1.165) is 18.8 Å². The van der Waals surface area contributed by atoms with E-state index >= 15 is 0 Å². The van der Waals surface area contributed by atoms with Crippen LogP contribution in [-0.4, -0.2) is 83.9 Å². The average molecular weight is 552 g/mol. The van der Waals surface area contributed by atoms with Crippen LogP contribution in [0.2, 0.25) is 0 Å². The molecule has 216 valence electrons. The number of cyclic esters (lactones) is 1. The van der Waals surface area contributed by atoms with Gasteiger partial charge >= 0.3 is 5.97 Å². The molecule has 1 unspecified atom stereocenters. The number of aliphatic hydroxyl groups excluding tert-OH is 1. The monoisotopic (exact) mass is 551 g/mol. The van der Waals surface area contributed by atoms with Crippen molar-refractivity contribution in [1.82, 2.24) is 4.90 Å². The van der Waals surface area contributed by atoms with E-state index < -0.39 is 41.1 Å². The molecule has 0 bridgehead atoms. The molecule has 0 aromatic heterocycles. The van der Waals surface area contributed by atoms with Crippen molar-refractivity contribution in [3.05, 3.63) is 48.6 Å². The molecule has 4 aliphatic heterocycles. The molecule has 1 aromatic rings. The third-order valence-electron chi connectivity index (χ3n) is 9.39. The summed E-state index contributed by atoms with van der Waals surface area (Å²) in [7, 11) is 0. The Morgan fingerprint density at radius 3 is 2.35 bits per heavy atom. The standard InChI is InChI=1S/C31H41N3O6/c1-6-20(4)23(19-35)34-26-28(37)33(22-13-11-21(12-14-22)32(7-2)8-3)17-9-16-31(26)24(27(34)36)25-29(38)39-18-10-15-30(25,5)40-31/h9-16,20,23-26,35H,6-8,17-19H2,1-5H3/t20-,23-,24-,25+,26?,30-,31-/m0/s1. The number of hydrogen-bond acceptors (Lipinski definition) is 7. The largest absolute Gasteiger partial charge is 0.461 e. The Morgan fingerprint density at radius 1 is 1.02 bits per heavy atom. The lowest BCUT2D eigenvalue weighted by Gasteiger charge is -2.41. The van der Waals surface area contributed by atoms with E-state index in [1.807, 2.05) is 50.3 Å². The van der Waals surface area contributed by atoms with Gasteiger partial charge in [-0.2, -0.15) is 0 Å². The van der Waals surface area contributed by atoms with Crippen molar-refractivity contribution >= 4 is 29.2 Å². The second-order valence-electron chi connectivity index (χ2n) is 11.5. The van der Waals surface area contributed by atoms with Crippen LogP contribution >= 0.6 is 0 Å². The number of nitrogens with zero attached hydrogens (tertiary/aromatic N) is 3. The van der Waals surface area contributed by atoms with Gasteiger partial charge in [0.25, 0.3) is 5.91 Å². The molecular formula is C31H41N3O6. The number of anilines is 2. The summed E-state index contributed by atoms with van der Waals surface area (Å²) in [6.45, 7) is 11.8. The third-order valence-corrected chi connectivity index (χ3v) is 9.39. The summed E-state index contributed by atoms with van der Waals surface area (Å²) < 4.78 is 12.2. The van der Waals surface area contributed by atoms with E-state index in [-0.39, 0.29) is 37.5 Å². The van der Waals surface area contributed by atoms with Gasteiger partial charge in [-0.15, -0.1) is 0 Å². The highest BCUT2D eigenvalue weighted by molar-refractivity contribution is 6.06. The average Bonchev–Trinajstić information content (AvgIpc) is 3.20. The quantitative estimate of drug-likeness (QED) is 0.392. The van der Waals surface area contributed by atoms with Gasteiger partial charge in [0.2, 0.25) is 5.91 Å². The molecule has 5 rings (SSSR count). The molecule has 2 saturated heterocycles. The molecule has 2 amide bonds. The molecule has 1 aromatic carbocycles. The lowest BCUT2D eigenvalue weighted by molar-refractivity contribution is -0.158. The van der Waals surface area contributed by atoms with Crippen molar-refractivity contribution in [3.8, 4) is 0 Å². The van der Waals surface area contributed by atoms with Gasteiger partial charge in [0.15, 0.2) is 0 Å². The maximum Gasteiger partial charge on any atom is 0.313 e. The van der Waals surface area contributed by atoms with Gasteiger partial charge < -0.3 is 29.3 Å². The molecule has 9 heteroatoms. The van der Waals surface area contributed by atoms with Gasteiger partial charge in [0, 0.05) is 31.0 Å². The Kier molecular flexibility index (Phi) is 7.56. The normalized spacial score (nSPS) is 32.6. The van der Waals surface area contributed by atoms with Crippen LogP contribution in [0, 0.1) is 17.8 Å². The molecule has 0 saturated carbocycles. The first-order valence-corrected chi connectivity index (χ1v) is 14.5. The van der Waals surface area contributed by atoms with Crippen LogP contribution in [0.5, 0.6) is 0 Å². The molecule has 4 aliphatic rings. The van der Waals surface area contributed by atoms with Crippen molar-refractivity contribution in [2.75, 3.05) is 42.6 Å². The second kappa shape index (κ2) is 10.7. The van der Waals surface area contributed by atoms with Gasteiger partial charge in [-0.1, -0.05) is 38.5 Å². The summed E-state index contributed by atoms with van der Waals surface area (Å²) in [5.74, 6) is -3.13. The molecule has 7 atom stereocenters. The Hall–Kier alpha value is -3.17. The molecule has 2 fully saturated rings. The Labute approximate surface area is 236 Å². The summed E-state index contributed by atoms with van der Waals surface area (Å²) in [5.41, 5.74) is -0.727. The summed E-state index contributed by atoms with van der Waals surface area (Å²) in [6.07, 6.45) is 7.89. The van der Waals surface area contributed by atoms with Gasteiger partial charge in [-0.05, 0) is 57.0 Å². The van der Waals surface area contributed by atoms with Crippen LogP contribution in [0.1, 0.15) is 41.0 Å². The molecular weight excluding hydrogens is 510 g/mol. The van der Waals surface area contributed by atoms with Crippen molar-refractivity contribution in [2.24, 2.45) is 17.8 Å². The molecule has 1 spiro atoms.